The zero-order valence-corrected chi connectivity index (χ0v) is 35.4. The molecular weight excluding hydrogens is 755 g/mol. The molecule has 298 valence electrons. The highest BCUT2D eigenvalue weighted by molar-refractivity contribution is 6.13. The van der Waals surface area contributed by atoms with Crippen molar-refractivity contribution in [1.82, 2.24) is 24.1 Å². The van der Waals surface area contributed by atoms with Gasteiger partial charge in [0.15, 0.2) is 17.5 Å². The van der Waals surface area contributed by atoms with Gasteiger partial charge in [0, 0.05) is 49.3 Å². The van der Waals surface area contributed by atoms with Gasteiger partial charge in [0.05, 0.1) is 27.8 Å². The second kappa shape index (κ2) is 13.6. The quantitative estimate of drug-likeness (QED) is 0.174. The second-order valence-corrected chi connectivity index (χ2v) is 18.3. The Balaban J connectivity index is 1.07. The predicted molar refractivity (Wildman–Crippen MR) is 258 cm³/mol. The van der Waals surface area contributed by atoms with E-state index in [1.807, 2.05) is 18.2 Å². The van der Waals surface area contributed by atoms with Crippen molar-refractivity contribution in [1.29, 1.82) is 0 Å². The molecule has 0 N–H and O–H groups in total. The van der Waals surface area contributed by atoms with Crippen LogP contribution in [0.4, 0.5) is 0 Å². The van der Waals surface area contributed by atoms with Crippen molar-refractivity contribution < 1.29 is 0 Å². The van der Waals surface area contributed by atoms with Crippen molar-refractivity contribution in [3.63, 3.8) is 0 Å². The van der Waals surface area contributed by atoms with Gasteiger partial charge in [-0.3, -0.25) is 0 Å². The molecule has 5 heteroatoms. The van der Waals surface area contributed by atoms with Gasteiger partial charge in [-0.15, -0.1) is 0 Å². The fourth-order valence-corrected chi connectivity index (χ4v) is 10.3. The summed E-state index contributed by atoms with van der Waals surface area (Å²) in [6.45, 7) is 9.66. The Hall–Kier alpha value is -7.37. The van der Waals surface area contributed by atoms with Crippen molar-refractivity contribution in [3.8, 4) is 45.5 Å². The maximum Gasteiger partial charge on any atom is 0.164 e. The van der Waals surface area contributed by atoms with E-state index in [2.05, 4.69) is 195 Å². The third-order valence-electron chi connectivity index (χ3n) is 13.6. The smallest absolute Gasteiger partial charge is 0.164 e. The predicted octanol–water partition coefficient (Wildman–Crippen LogP) is 14.6. The van der Waals surface area contributed by atoms with E-state index in [4.69, 9.17) is 15.0 Å². The van der Waals surface area contributed by atoms with Crippen molar-refractivity contribution >= 4 is 54.4 Å². The molecule has 0 aliphatic heterocycles. The molecule has 0 radical (unpaired) electrons. The molecule has 0 atom stereocenters. The Kier molecular flexibility index (Phi) is 7.98. The van der Waals surface area contributed by atoms with Crippen molar-refractivity contribution in [2.75, 3.05) is 0 Å². The molecule has 3 heterocycles. The first-order valence-corrected chi connectivity index (χ1v) is 21.7. The summed E-state index contributed by atoms with van der Waals surface area (Å²) < 4.78 is 4.83. The van der Waals surface area contributed by atoms with Crippen LogP contribution in [0.15, 0.2) is 176 Å². The van der Waals surface area contributed by atoms with E-state index in [1.165, 1.54) is 51.2 Å². The molecule has 8 aromatic carbocycles. The fourth-order valence-electron chi connectivity index (χ4n) is 10.3. The van der Waals surface area contributed by atoms with Crippen LogP contribution in [-0.4, -0.2) is 24.1 Å². The molecule has 11 aromatic rings. The fraction of sp³-hybridized carbons (Fsp3) is 0.140. The number of fused-ring (bicyclic) bond motifs is 8. The Bertz CT molecular complexity index is 3570. The molecule has 3 aromatic heterocycles. The van der Waals surface area contributed by atoms with E-state index in [9.17, 15) is 0 Å². The summed E-state index contributed by atoms with van der Waals surface area (Å²) in [5.41, 5.74) is 13.0. The Morgan fingerprint density at radius 1 is 0.371 bits per heavy atom. The summed E-state index contributed by atoms with van der Waals surface area (Å²) >= 11 is 0. The number of nitrogens with zero attached hydrogens (tertiary/aromatic N) is 5. The van der Waals surface area contributed by atoms with Crippen LogP contribution in [-0.2, 0) is 10.8 Å². The van der Waals surface area contributed by atoms with Crippen LogP contribution in [0.5, 0.6) is 0 Å². The second-order valence-electron chi connectivity index (χ2n) is 18.3. The maximum absolute atomic E-state index is 5.34. The van der Waals surface area contributed by atoms with E-state index in [1.54, 1.807) is 0 Å². The maximum atomic E-state index is 5.34. The lowest BCUT2D eigenvalue weighted by atomic mass is 9.63. The molecule has 0 spiro atoms. The van der Waals surface area contributed by atoms with Gasteiger partial charge in [0.1, 0.15) is 0 Å². The molecule has 0 unspecified atom stereocenters. The van der Waals surface area contributed by atoms with E-state index in [-0.39, 0.29) is 10.8 Å². The van der Waals surface area contributed by atoms with Gasteiger partial charge >= 0.3 is 0 Å². The van der Waals surface area contributed by atoms with Gasteiger partial charge < -0.3 is 9.13 Å². The first-order valence-electron chi connectivity index (χ1n) is 21.7. The summed E-state index contributed by atoms with van der Waals surface area (Å²) in [6.07, 6.45) is 2.35. The number of rotatable bonds is 5. The van der Waals surface area contributed by atoms with Gasteiger partial charge in [-0.05, 0) is 107 Å². The minimum Gasteiger partial charge on any atom is -0.309 e. The Morgan fingerprint density at radius 2 is 0.887 bits per heavy atom. The highest BCUT2D eigenvalue weighted by Crippen LogP contribution is 2.49. The van der Waals surface area contributed by atoms with Crippen LogP contribution in [0.1, 0.15) is 51.7 Å². The highest BCUT2D eigenvalue weighted by Gasteiger charge is 2.38. The normalized spacial score (nSPS) is 14.6. The topological polar surface area (TPSA) is 48.5 Å². The number of aromatic nitrogens is 5. The van der Waals surface area contributed by atoms with Gasteiger partial charge in [-0.25, -0.2) is 15.0 Å². The first-order chi connectivity index (χ1) is 30.2. The zero-order valence-electron chi connectivity index (χ0n) is 35.4. The van der Waals surface area contributed by atoms with E-state index < -0.39 is 0 Å². The number of hydrogen-bond donors (Lipinski definition) is 0. The van der Waals surface area contributed by atoms with Crippen molar-refractivity contribution in [2.45, 2.75) is 51.4 Å². The van der Waals surface area contributed by atoms with Crippen LogP contribution < -0.4 is 0 Å². The Morgan fingerprint density at radius 3 is 1.58 bits per heavy atom. The average molecular weight is 800 g/mol. The van der Waals surface area contributed by atoms with Crippen LogP contribution in [0.25, 0.3) is 99.9 Å². The minimum absolute atomic E-state index is 0.0859. The van der Waals surface area contributed by atoms with E-state index in [0.29, 0.717) is 17.5 Å². The summed E-state index contributed by atoms with van der Waals surface area (Å²) in [5, 5.41) is 7.15. The van der Waals surface area contributed by atoms with Crippen LogP contribution in [0, 0.1) is 0 Å². The molecule has 0 amide bonds. The molecule has 1 aliphatic carbocycles. The summed E-state index contributed by atoms with van der Waals surface area (Å²) in [6, 6.07) is 63.2. The molecule has 62 heavy (non-hydrogen) atoms. The number of benzene rings is 8. The summed E-state index contributed by atoms with van der Waals surface area (Å²) in [7, 11) is 0. The standard InChI is InChI=1S/C57H45N5/c1-56(2)31-32-57(3,4)47-35-52-45(34-46(47)56)42-24-14-16-26-49(42)62(52)50-30-28-43(39-21-11-12-22-40(39)50)55-59-53(36-17-7-5-8-18-36)58-54(60-55)37-27-29-51-44(33-37)41-23-13-15-25-48(41)61(51)38-19-9-6-10-20-38/h5-30,33-35H,31-32H2,1-4H3. The lowest BCUT2D eigenvalue weighted by Crippen LogP contribution is -2.33. The van der Waals surface area contributed by atoms with Gasteiger partial charge in [-0.2, -0.15) is 0 Å². The molecule has 12 rings (SSSR count). The van der Waals surface area contributed by atoms with Gasteiger partial charge in [0.25, 0.3) is 0 Å². The molecule has 1 aliphatic rings. The van der Waals surface area contributed by atoms with Crippen LogP contribution >= 0.6 is 0 Å². The summed E-state index contributed by atoms with van der Waals surface area (Å²) in [4.78, 5) is 15.8. The van der Waals surface area contributed by atoms with Crippen molar-refractivity contribution in [2.24, 2.45) is 0 Å². The first kappa shape index (κ1) is 36.5. The molecular formula is C57H45N5. The van der Waals surface area contributed by atoms with Crippen LogP contribution in [0.3, 0.4) is 0 Å². The van der Waals surface area contributed by atoms with E-state index >= 15 is 0 Å². The number of para-hydroxylation sites is 3. The zero-order chi connectivity index (χ0) is 41.7. The SMILES string of the molecule is CC1(C)CCC(C)(C)c2cc3c(cc21)c1ccccc1n3-c1ccc(-c2nc(-c3ccccc3)nc(-c3ccc4c(c3)c3ccccc3n4-c3ccccc3)n2)c2ccccc12. The van der Waals surface area contributed by atoms with E-state index in [0.717, 1.165) is 55.3 Å². The highest BCUT2D eigenvalue weighted by atomic mass is 15.0. The molecule has 0 fully saturated rings. The number of hydrogen-bond acceptors (Lipinski definition) is 3. The molecule has 5 nitrogen and oxygen atoms in total. The minimum atomic E-state index is 0.0859. The lowest BCUT2D eigenvalue weighted by Gasteiger charge is -2.42. The molecule has 0 saturated heterocycles. The molecule has 0 saturated carbocycles. The largest absolute Gasteiger partial charge is 0.309 e. The molecule has 0 bridgehead atoms. The van der Waals surface area contributed by atoms with Gasteiger partial charge in [0.2, 0.25) is 0 Å². The third kappa shape index (κ3) is 5.58. The Labute approximate surface area is 361 Å². The third-order valence-corrected chi connectivity index (χ3v) is 13.6. The monoisotopic (exact) mass is 799 g/mol. The van der Waals surface area contributed by atoms with Crippen molar-refractivity contribution in [3.05, 3.63) is 187 Å². The summed E-state index contributed by atoms with van der Waals surface area (Å²) in [5.74, 6) is 1.92. The lowest BCUT2D eigenvalue weighted by molar-refractivity contribution is 0.332. The van der Waals surface area contributed by atoms with Crippen LogP contribution in [0.2, 0.25) is 0 Å². The van der Waals surface area contributed by atoms with Gasteiger partial charge in [-0.1, -0.05) is 137 Å². The average Bonchev–Trinajstić information content (AvgIpc) is 3.82.